The van der Waals surface area contributed by atoms with Gasteiger partial charge in [-0.15, -0.1) is 0 Å². The van der Waals surface area contributed by atoms with Gasteiger partial charge in [-0.05, 0) is 18.4 Å². The first-order valence-electron chi connectivity index (χ1n) is 10.8. The number of aliphatic carboxylic acids is 1. The molecule has 35 heavy (non-hydrogen) atoms. The fraction of sp³-hybridized carbons (Fsp3) is 0.429. The van der Waals surface area contributed by atoms with Crippen LogP contribution in [0.15, 0.2) is 35.3 Å². The van der Waals surface area contributed by atoms with Crippen LogP contribution in [-0.2, 0) is 19.2 Å². The van der Waals surface area contributed by atoms with Gasteiger partial charge in [-0.1, -0.05) is 30.3 Å². The van der Waals surface area contributed by atoms with E-state index in [1.165, 1.54) is 0 Å². The molecule has 14 nitrogen and oxygen atoms in total. The minimum absolute atomic E-state index is 0.0980. The van der Waals surface area contributed by atoms with Gasteiger partial charge in [0, 0.05) is 6.54 Å². The van der Waals surface area contributed by atoms with Gasteiger partial charge < -0.3 is 37.6 Å². The molecule has 190 valence electrons. The monoisotopic (exact) mass is 491 g/mol. The average Bonchev–Trinajstić information content (AvgIpc) is 3.07. The highest BCUT2D eigenvalue weighted by molar-refractivity contribution is 6.06. The number of carbonyl (C=O) groups is 5. The molecule has 2 rings (SSSR count). The number of nitrogens with two attached hydrogens (primary N) is 2. The number of nitrogens with one attached hydrogen (secondary N) is 3. The summed E-state index contributed by atoms with van der Waals surface area (Å²) in [6.07, 6.45) is -0.105. The highest BCUT2D eigenvalue weighted by Crippen LogP contribution is 2.13. The molecular formula is C21H29N7O7. The van der Waals surface area contributed by atoms with Crippen molar-refractivity contribution in [2.75, 3.05) is 19.7 Å². The van der Waals surface area contributed by atoms with E-state index in [0.717, 1.165) is 0 Å². The third-order valence-electron chi connectivity index (χ3n) is 5.09. The maximum Gasteiger partial charge on any atom is 0.325 e. The second-order valence-corrected chi connectivity index (χ2v) is 7.75. The molecule has 0 aliphatic carbocycles. The van der Waals surface area contributed by atoms with Gasteiger partial charge in [0.15, 0.2) is 5.96 Å². The first kappa shape index (κ1) is 27.0. The standard InChI is InChI=1S/C21H29N7O7/c22-20(23)24-8-4-7-13-19(34)28(21(35)27-13)10-16(30)25-14(9-17(31)32)18(33)26-15(11-29)12-5-2-1-3-6-12/h1-3,5-6,13-15,29H,4,7-11H2,(H,25,30)(H,26,33)(H,27,35)(H,31,32)(H4,22,23,24)/t13-,14-,15-/m0/s1. The maximum absolute atomic E-state index is 12.7. The van der Waals surface area contributed by atoms with Gasteiger partial charge in [-0.25, -0.2) is 4.79 Å². The van der Waals surface area contributed by atoms with Crippen LogP contribution in [0.2, 0.25) is 0 Å². The van der Waals surface area contributed by atoms with E-state index in [-0.39, 0.29) is 18.9 Å². The molecule has 3 atom stereocenters. The van der Waals surface area contributed by atoms with E-state index in [4.69, 9.17) is 16.6 Å². The zero-order chi connectivity index (χ0) is 26.0. The molecule has 0 unspecified atom stereocenters. The highest BCUT2D eigenvalue weighted by atomic mass is 16.4. The molecule has 1 aliphatic heterocycles. The summed E-state index contributed by atoms with van der Waals surface area (Å²) in [6.45, 7) is -0.913. The lowest BCUT2D eigenvalue weighted by Crippen LogP contribution is -2.52. The van der Waals surface area contributed by atoms with Gasteiger partial charge in [-0.2, -0.15) is 0 Å². The molecule has 0 aromatic heterocycles. The van der Waals surface area contributed by atoms with Crippen LogP contribution in [0, 0.1) is 0 Å². The van der Waals surface area contributed by atoms with Crippen LogP contribution in [0.1, 0.15) is 30.9 Å². The number of aliphatic hydroxyl groups is 1. The van der Waals surface area contributed by atoms with Crippen molar-refractivity contribution in [3.63, 3.8) is 0 Å². The van der Waals surface area contributed by atoms with Gasteiger partial charge in [0.05, 0.1) is 19.1 Å². The number of urea groups is 1. The Morgan fingerprint density at radius 2 is 1.83 bits per heavy atom. The SMILES string of the molecule is NC(N)=NCCC[C@@H]1NC(=O)N(CC(=O)N[C@@H](CC(=O)O)C(=O)N[C@@H](CO)c2ccccc2)C1=O. The molecule has 0 spiro atoms. The van der Waals surface area contributed by atoms with Crippen molar-refractivity contribution in [1.82, 2.24) is 20.9 Å². The van der Waals surface area contributed by atoms with Crippen molar-refractivity contribution in [3.05, 3.63) is 35.9 Å². The maximum atomic E-state index is 12.7. The lowest BCUT2D eigenvalue weighted by Gasteiger charge is -2.22. The number of guanidine groups is 1. The lowest BCUT2D eigenvalue weighted by atomic mass is 10.1. The molecule has 14 heteroatoms. The minimum atomic E-state index is -1.51. The molecule has 1 aliphatic rings. The molecule has 0 bridgehead atoms. The summed E-state index contributed by atoms with van der Waals surface area (Å²) in [7, 11) is 0. The summed E-state index contributed by atoms with van der Waals surface area (Å²) >= 11 is 0. The Kier molecular flexibility index (Phi) is 9.96. The Balaban J connectivity index is 1.98. The Labute approximate surface area is 200 Å². The minimum Gasteiger partial charge on any atom is -0.481 e. The lowest BCUT2D eigenvalue weighted by molar-refractivity contribution is -0.141. The van der Waals surface area contributed by atoms with Gasteiger partial charge in [-0.3, -0.25) is 29.1 Å². The van der Waals surface area contributed by atoms with Crippen molar-refractivity contribution < 1.29 is 34.2 Å². The molecule has 1 aromatic carbocycles. The highest BCUT2D eigenvalue weighted by Gasteiger charge is 2.39. The van der Waals surface area contributed by atoms with E-state index in [2.05, 4.69) is 20.9 Å². The Bertz CT molecular complexity index is 966. The molecular weight excluding hydrogens is 462 g/mol. The zero-order valence-corrected chi connectivity index (χ0v) is 18.8. The number of aliphatic hydroxyl groups excluding tert-OH is 1. The number of carboxylic acid groups (broad SMARTS) is 1. The van der Waals surface area contributed by atoms with Crippen LogP contribution in [0.5, 0.6) is 0 Å². The summed E-state index contributed by atoms with van der Waals surface area (Å²) in [5.41, 5.74) is 11.0. The van der Waals surface area contributed by atoms with E-state index in [0.29, 0.717) is 16.9 Å². The predicted octanol–water partition coefficient (Wildman–Crippen LogP) is -2.23. The molecule has 0 saturated carbocycles. The number of imide groups is 1. The van der Waals surface area contributed by atoms with Crippen molar-refractivity contribution in [3.8, 4) is 0 Å². The van der Waals surface area contributed by atoms with E-state index >= 15 is 0 Å². The second-order valence-electron chi connectivity index (χ2n) is 7.75. The number of carbonyl (C=O) groups excluding carboxylic acids is 4. The Morgan fingerprint density at radius 3 is 2.43 bits per heavy atom. The van der Waals surface area contributed by atoms with Crippen molar-refractivity contribution >= 4 is 35.7 Å². The number of benzene rings is 1. The smallest absolute Gasteiger partial charge is 0.325 e. The number of hydrogen-bond donors (Lipinski definition) is 7. The third kappa shape index (κ3) is 8.26. The second kappa shape index (κ2) is 12.9. The van der Waals surface area contributed by atoms with Crippen molar-refractivity contribution in [2.24, 2.45) is 16.5 Å². The van der Waals surface area contributed by atoms with Crippen LogP contribution < -0.4 is 27.4 Å². The van der Waals surface area contributed by atoms with E-state index in [1.807, 2.05) is 0 Å². The first-order valence-corrected chi connectivity index (χ1v) is 10.8. The first-order chi connectivity index (χ1) is 16.6. The average molecular weight is 492 g/mol. The molecule has 1 heterocycles. The topological polar surface area (TPSA) is 230 Å². The number of hydrogen-bond acceptors (Lipinski definition) is 7. The predicted molar refractivity (Wildman–Crippen MR) is 123 cm³/mol. The Morgan fingerprint density at radius 1 is 1.14 bits per heavy atom. The van der Waals surface area contributed by atoms with E-state index in [1.54, 1.807) is 30.3 Å². The molecule has 9 N–H and O–H groups in total. The van der Waals surface area contributed by atoms with Crippen molar-refractivity contribution in [1.29, 1.82) is 0 Å². The molecule has 1 fully saturated rings. The van der Waals surface area contributed by atoms with E-state index in [9.17, 15) is 29.1 Å². The number of aliphatic imine (C=N–C) groups is 1. The fourth-order valence-electron chi connectivity index (χ4n) is 3.39. The zero-order valence-electron chi connectivity index (χ0n) is 18.8. The summed E-state index contributed by atoms with van der Waals surface area (Å²) in [5.74, 6) is -3.85. The number of carboxylic acids is 1. The molecule has 1 aromatic rings. The quantitative estimate of drug-likeness (QED) is 0.0684. The number of nitrogens with zero attached hydrogens (tertiary/aromatic N) is 2. The van der Waals surface area contributed by atoms with Crippen LogP contribution in [-0.4, -0.2) is 82.6 Å². The van der Waals surface area contributed by atoms with Crippen LogP contribution in [0.3, 0.4) is 0 Å². The van der Waals surface area contributed by atoms with Crippen LogP contribution >= 0.6 is 0 Å². The molecule has 5 amide bonds. The van der Waals surface area contributed by atoms with Gasteiger partial charge in [0.1, 0.15) is 18.6 Å². The van der Waals surface area contributed by atoms with E-state index < -0.39 is 67.4 Å². The number of amides is 5. The van der Waals surface area contributed by atoms with Crippen molar-refractivity contribution in [2.45, 2.75) is 37.4 Å². The largest absolute Gasteiger partial charge is 0.481 e. The third-order valence-corrected chi connectivity index (χ3v) is 5.09. The van der Waals surface area contributed by atoms with Gasteiger partial charge in [0.25, 0.3) is 5.91 Å². The molecule has 1 saturated heterocycles. The van der Waals surface area contributed by atoms with Crippen LogP contribution in [0.25, 0.3) is 0 Å². The summed E-state index contributed by atoms with van der Waals surface area (Å²) in [4.78, 5) is 65.5. The van der Waals surface area contributed by atoms with Crippen LogP contribution in [0.4, 0.5) is 4.79 Å². The van der Waals surface area contributed by atoms with Gasteiger partial charge in [0.2, 0.25) is 11.8 Å². The fourth-order valence-corrected chi connectivity index (χ4v) is 3.39. The summed E-state index contributed by atoms with van der Waals surface area (Å²) in [5, 5.41) is 26.0. The summed E-state index contributed by atoms with van der Waals surface area (Å²) in [6, 6.07) is 4.49. The number of rotatable bonds is 13. The summed E-state index contributed by atoms with van der Waals surface area (Å²) < 4.78 is 0. The Hall–Kier alpha value is -4.20. The van der Waals surface area contributed by atoms with Gasteiger partial charge >= 0.3 is 12.0 Å². The molecule has 0 radical (unpaired) electrons. The normalized spacial score (nSPS) is 16.7.